The number of aromatic nitrogens is 2. The molecule has 0 bridgehead atoms. The lowest BCUT2D eigenvalue weighted by Gasteiger charge is -2.17. The van der Waals surface area contributed by atoms with Crippen LogP contribution < -0.4 is 5.32 Å². The standard InChI is InChI=1S/C17H21N3O2/c1-3-8-20-11(2)14(10-18-20)17(22)19-16-13-7-5-4-6-12(13)9-15(16)21/h4-7,10,15-16,21H,3,8-9H2,1-2H3,(H,19,22)/t15-,16+/m0/s1. The lowest BCUT2D eigenvalue weighted by atomic mass is 10.1. The average molecular weight is 299 g/mol. The van der Waals surface area contributed by atoms with Crippen LogP contribution in [0.25, 0.3) is 0 Å². The van der Waals surface area contributed by atoms with Gasteiger partial charge in [-0.2, -0.15) is 5.10 Å². The second-order valence-corrected chi connectivity index (χ2v) is 5.79. The molecule has 1 aromatic carbocycles. The number of hydrogen-bond donors (Lipinski definition) is 2. The zero-order valence-electron chi connectivity index (χ0n) is 12.9. The van der Waals surface area contributed by atoms with Crippen LogP contribution in [-0.4, -0.2) is 26.9 Å². The molecule has 5 nitrogen and oxygen atoms in total. The molecule has 3 rings (SSSR count). The maximum Gasteiger partial charge on any atom is 0.255 e. The van der Waals surface area contributed by atoms with Gasteiger partial charge in [-0.15, -0.1) is 0 Å². The van der Waals surface area contributed by atoms with Gasteiger partial charge in [-0.05, 0) is 24.5 Å². The number of fused-ring (bicyclic) bond motifs is 1. The van der Waals surface area contributed by atoms with Crippen molar-refractivity contribution in [2.45, 2.75) is 45.4 Å². The molecule has 22 heavy (non-hydrogen) atoms. The van der Waals surface area contributed by atoms with Crippen LogP contribution in [0.2, 0.25) is 0 Å². The highest BCUT2D eigenvalue weighted by molar-refractivity contribution is 5.95. The molecule has 2 atom stereocenters. The Labute approximate surface area is 130 Å². The Hall–Kier alpha value is -2.14. The zero-order chi connectivity index (χ0) is 15.7. The first-order valence-electron chi connectivity index (χ1n) is 7.71. The van der Waals surface area contributed by atoms with Crippen LogP contribution in [0.3, 0.4) is 0 Å². The normalized spacial score (nSPS) is 20.0. The highest BCUT2D eigenvalue weighted by Crippen LogP contribution is 2.31. The first-order valence-corrected chi connectivity index (χ1v) is 7.71. The quantitative estimate of drug-likeness (QED) is 0.907. The van der Waals surface area contributed by atoms with Crippen LogP contribution in [0, 0.1) is 6.92 Å². The van der Waals surface area contributed by atoms with Crippen LogP contribution >= 0.6 is 0 Å². The van der Waals surface area contributed by atoms with Crippen molar-refractivity contribution in [3.63, 3.8) is 0 Å². The molecular weight excluding hydrogens is 278 g/mol. The average Bonchev–Trinajstić information content (AvgIpc) is 3.01. The monoisotopic (exact) mass is 299 g/mol. The summed E-state index contributed by atoms with van der Waals surface area (Å²) in [5, 5.41) is 17.4. The number of carbonyl (C=O) groups is 1. The molecule has 1 aromatic heterocycles. The van der Waals surface area contributed by atoms with Crippen molar-refractivity contribution in [1.29, 1.82) is 0 Å². The number of hydrogen-bond acceptors (Lipinski definition) is 3. The van der Waals surface area contributed by atoms with E-state index in [-0.39, 0.29) is 11.9 Å². The van der Waals surface area contributed by atoms with Gasteiger partial charge in [0.1, 0.15) is 0 Å². The summed E-state index contributed by atoms with van der Waals surface area (Å²) in [5.41, 5.74) is 3.53. The van der Waals surface area contributed by atoms with Gasteiger partial charge in [0.25, 0.3) is 5.91 Å². The summed E-state index contributed by atoms with van der Waals surface area (Å²) in [6.45, 7) is 4.78. The Kier molecular flexibility index (Phi) is 3.98. The second-order valence-electron chi connectivity index (χ2n) is 5.79. The Balaban J connectivity index is 1.80. The molecule has 2 aromatic rings. The maximum atomic E-state index is 12.5. The third-order valence-electron chi connectivity index (χ3n) is 4.27. The number of aliphatic hydroxyl groups excluding tert-OH is 1. The first-order chi connectivity index (χ1) is 10.6. The van der Waals surface area contributed by atoms with Crippen molar-refractivity contribution in [2.24, 2.45) is 0 Å². The highest BCUT2D eigenvalue weighted by atomic mass is 16.3. The summed E-state index contributed by atoms with van der Waals surface area (Å²) in [5.74, 6) is -0.180. The molecule has 116 valence electrons. The van der Waals surface area contributed by atoms with Crippen molar-refractivity contribution in [3.05, 3.63) is 52.8 Å². The molecule has 0 fully saturated rings. The van der Waals surface area contributed by atoms with E-state index in [2.05, 4.69) is 17.3 Å². The van der Waals surface area contributed by atoms with Crippen molar-refractivity contribution in [1.82, 2.24) is 15.1 Å². The number of nitrogens with one attached hydrogen (secondary N) is 1. The Morgan fingerprint density at radius 1 is 1.45 bits per heavy atom. The minimum atomic E-state index is -0.577. The van der Waals surface area contributed by atoms with E-state index in [1.54, 1.807) is 6.20 Å². The van der Waals surface area contributed by atoms with E-state index in [9.17, 15) is 9.90 Å². The van der Waals surface area contributed by atoms with Crippen LogP contribution in [-0.2, 0) is 13.0 Å². The summed E-state index contributed by atoms with van der Waals surface area (Å²) >= 11 is 0. The number of aryl methyl sites for hydroxylation is 1. The predicted molar refractivity (Wildman–Crippen MR) is 83.6 cm³/mol. The molecule has 1 amide bonds. The van der Waals surface area contributed by atoms with Crippen LogP contribution in [0.15, 0.2) is 30.5 Å². The summed E-state index contributed by atoms with van der Waals surface area (Å²) in [6, 6.07) is 7.49. The summed E-state index contributed by atoms with van der Waals surface area (Å²) in [7, 11) is 0. The fraction of sp³-hybridized carbons (Fsp3) is 0.412. The minimum Gasteiger partial charge on any atom is -0.390 e. The van der Waals surface area contributed by atoms with Gasteiger partial charge in [0, 0.05) is 18.7 Å². The number of nitrogens with zero attached hydrogens (tertiary/aromatic N) is 2. The molecule has 0 saturated heterocycles. The van der Waals surface area contributed by atoms with Crippen molar-refractivity contribution in [3.8, 4) is 0 Å². The molecule has 1 heterocycles. The van der Waals surface area contributed by atoms with Gasteiger partial charge in [-0.1, -0.05) is 31.2 Å². The van der Waals surface area contributed by atoms with E-state index in [0.29, 0.717) is 12.0 Å². The van der Waals surface area contributed by atoms with Crippen LogP contribution in [0.4, 0.5) is 0 Å². The number of rotatable bonds is 4. The highest BCUT2D eigenvalue weighted by Gasteiger charge is 2.32. The number of amides is 1. The Morgan fingerprint density at radius 2 is 2.23 bits per heavy atom. The van der Waals surface area contributed by atoms with Gasteiger partial charge in [0.15, 0.2) is 0 Å². The van der Waals surface area contributed by atoms with Gasteiger partial charge in [0.2, 0.25) is 0 Å². The SMILES string of the molecule is CCCn1ncc(C(=O)N[C@@H]2c3ccccc3C[C@@H]2O)c1C. The molecule has 2 N–H and O–H groups in total. The maximum absolute atomic E-state index is 12.5. The topological polar surface area (TPSA) is 67.2 Å². The molecule has 0 unspecified atom stereocenters. The fourth-order valence-electron chi connectivity index (χ4n) is 3.07. The van der Waals surface area contributed by atoms with Gasteiger partial charge in [-0.25, -0.2) is 0 Å². The summed E-state index contributed by atoms with van der Waals surface area (Å²) in [4.78, 5) is 12.5. The number of benzene rings is 1. The van der Waals surface area contributed by atoms with E-state index in [4.69, 9.17) is 0 Å². The molecule has 0 radical (unpaired) electrons. The zero-order valence-corrected chi connectivity index (χ0v) is 12.9. The summed E-state index contributed by atoms with van der Waals surface area (Å²) < 4.78 is 1.84. The van der Waals surface area contributed by atoms with Gasteiger partial charge < -0.3 is 10.4 Å². The van der Waals surface area contributed by atoms with E-state index in [1.165, 1.54) is 0 Å². The molecule has 0 saturated carbocycles. The lowest BCUT2D eigenvalue weighted by molar-refractivity contribution is 0.0857. The third-order valence-corrected chi connectivity index (χ3v) is 4.27. The van der Waals surface area contributed by atoms with Crippen LogP contribution in [0.5, 0.6) is 0 Å². The predicted octanol–water partition coefficient (Wildman–Crippen LogP) is 1.99. The van der Waals surface area contributed by atoms with Crippen molar-refractivity contribution < 1.29 is 9.90 Å². The van der Waals surface area contributed by atoms with Crippen LogP contribution in [0.1, 0.15) is 46.6 Å². The summed E-state index contributed by atoms with van der Waals surface area (Å²) in [6.07, 6.45) is 2.58. The lowest BCUT2D eigenvalue weighted by Crippen LogP contribution is -2.34. The number of aliphatic hydroxyl groups is 1. The van der Waals surface area contributed by atoms with E-state index in [1.807, 2.05) is 35.9 Å². The molecule has 5 heteroatoms. The first kappa shape index (κ1) is 14.8. The van der Waals surface area contributed by atoms with Gasteiger partial charge in [0.05, 0.1) is 23.9 Å². The molecule has 1 aliphatic carbocycles. The van der Waals surface area contributed by atoms with E-state index >= 15 is 0 Å². The van der Waals surface area contributed by atoms with E-state index in [0.717, 1.165) is 29.8 Å². The van der Waals surface area contributed by atoms with Crippen molar-refractivity contribution in [2.75, 3.05) is 0 Å². The fourth-order valence-corrected chi connectivity index (χ4v) is 3.07. The minimum absolute atomic E-state index is 0.180. The Bertz CT molecular complexity index is 693. The Morgan fingerprint density at radius 3 is 3.00 bits per heavy atom. The number of carbonyl (C=O) groups excluding carboxylic acids is 1. The van der Waals surface area contributed by atoms with Gasteiger partial charge >= 0.3 is 0 Å². The smallest absolute Gasteiger partial charge is 0.255 e. The largest absolute Gasteiger partial charge is 0.390 e. The van der Waals surface area contributed by atoms with E-state index < -0.39 is 6.10 Å². The third kappa shape index (κ3) is 2.52. The molecule has 0 spiro atoms. The molecular formula is C17H21N3O2. The molecule has 0 aliphatic heterocycles. The second kappa shape index (κ2) is 5.93. The van der Waals surface area contributed by atoms with Gasteiger partial charge in [-0.3, -0.25) is 9.48 Å². The van der Waals surface area contributed by atoms with Crippen molar-refractivity contribution >= 4 is 5.91 Å². The molecule has 1 aliphatic rings.